The Morgan fingerprint density at radius 1 is 1.25 bits per heavy atom. The van der Waals surface area contributed by atoms with Gasteiger partial charge in [0, 0.05) is 24.1 Å². The van der Waals surface area contributed by atoms with Gasteiger partial charge in [0.25, 0.3) is 0 Å². The van der Waals surface area contributed by atoms with Crippen LogP contribution in [0.4, 0.5) is 4.39 Å². The lowest BCUT2D eigenvalue weighted by atomic mass is 10.1. The van der Waals surface area contributed by atoms with Crippen LogP contribution in [0.3, 0.4) is 0 Å². The average Bonchev–Trinajstić information content (AvgIpc) is 2.92. The van der Waals surface area contributed by atoms with Crippen LogP contribution in [0.2, 0.25) is 0 Å². The Labute approximate surface area is 118 Å². The molecule has 1 heterocycles. The summed E-state index contributed by atoms with van der Waals surface area (Å²) in [6, 6.07) is 7.64. The van der Waals surface area contributed by atoms with Crippen molar-refractivity contribution in [3.63, 3.8) is 0 Å². The second-order valence-corrected chi connectivity index (χ2v) is 4.90. The van der Waals surface area contributed by atoms with Crippen LogP contribution in [0.25, 0.3) is 0 Å². The summed E-state index contributed by atoms with van der Waals surface area (Å²) in [7, 11) is 2.01. The molecule has 106 valence electrons. The number of nitrogens with zero attached hydrogens (tertiary/aromatic N) is 1. The third-order valence-corrected chi connectivity index (χ3v) is 3.14. The third-order valence-electron chi connectivity index (χ3n) is 3.14. The van der Waals surface area contributed by atoms with E-state index < -0.39 is 0 Å². The number of carbonyl (C=O) groups excluding carboxylic acids is 1. The minimum atomic E-state index is -0.318. The number of halogens is 1. The van der Waals surface area contributed by atoms with Crippen molar-refractivity contribution in [3.05, 3.63) is 59.8 Å². The van der Waals surface area contributed by atoms with Gasteiger partial charge < -0.3 is 9.32 Å². The number of hydrogen-bond acceptors (Lipinski definition) is 3. The Hall–Kier alpha value is -1.94. The van der Waals surface area contributed by atoms with E-state index in [1.165, 1.54) is 24.3 Å². The molecular formula is C16H18FNO2. The van der Waals surface area contributed by atoms with Gasteiger partial charge in [0.05, 0.1) is 12.5 Å². The molecule has 0 aliphatic heterocycles. The fourth-order valence-corrected chi connectivity index (χ4v) is 2.06. The van der Waals surface area contributed by atoms with E-state index in [0.717, 1.165) is 25.1 Å². The van der Waals surface area contributed by atoms with Gasteiger partial charge in [-0.1, -0.05) is 0 Å². The monoisotopic (exact) mass is 275 g/mol. The molecule has 0 bridgehead atoms. The van der Waals surface area contributed by atoms with Crippen molar-refractivity contribution in [2.24, 2.45) is 0 Å². The first kappa shape index (κ1) is 14.5. The lowest BCUT2D eigenvalue weighted by Crippen LogP contribution is -2.19. The number of ketones is 1. The Morgan fingerprint density at radius 3 is 2.65 bits per heavy atom. The standard InChI is InChI=1S/C16H18FNO2/c1-18(11-13-8-10-20-12-13)9-2-3-16(19)14-4-6-15(17)7-5-14/h4-8,10,12H,2-3,9,11H2,1H3. The summed E-state index contributed by atoms with van der Waals surface area (Å²) in [5, 5.41) is 0. The molecule has 0 radical (unpaired) electrons. The van der Waals surface area contributed by atoms with Gasteiger partial charge in [0.2, 0.25) is 0 Å². The molecule has 0 amide bonds. The van der Waals surface area contributed by atoms with Crippen LogP contribution in [0, 0.1) is 5.82 Å². The maximum absolute atomic E-state index is 12.8. The number of Topliss-reactive ketones (excluding diaryl/α,β-unsaturated/α-hetero) is 1. The fourth-order valence-electron chi connectivity index (χ4n) is 2.06. The maximum Gasteiger partial charge on any atom is 0.162 e. The summed E-state index contributed by atoms with van der Waals surface area (Å²) >= 11 is 0. The molecule has 4 heteroatoms. The Bertz CT molecular complexity index is 534. The molecule has 3 nitrogen and oxygen atoms in total. The van der Waals surface area contributed by atoms with Crippen LogP contribution in [0.1, 0.15) is 28.8 Å². The molecule has 0 spiro atoms. The lowest BCUT2D eigenvalue weighted by molar-refractivity contribution is 0.0976. The third kappa shape index (κ3) is 4.31. The first-order valence-corrected chi connectivity index (χ1v) is 6.63. The van der Waals surface area contributed by atoms with Crippen molar-refractivity contribution in [2.45, 2.75) is 19.4 Å². The summed E-state index contributed by atoms with van der Waals surface area (Å²) in [5.74, 6) is -0.261. The molecule has 1 aromatic heterocycles. The van der Waals surface area contributed by atoms with Gasteiger partial charge in [0.15, 0.2) is 5.78 Å². The Kier molecular flexibility index (Phi) is 5.07. The zero-order valence-corrected chi connectivity index (χ0v) is 11.5. The number of furan rings is 1. The number of benzene rings is 1. The first-order chi connectivity index (χ1) is 9.65. The molecule has 0 fully saturated rings. The highest BCUT2D eigenvalue weighted by atomic mass is 19.1. The average molecular weight is 275 g/mol. The Balaban J connectivity index is 1.72. The van der Waals surface area contributed by atoms with Crippen molar-refractivity contribution >= 4 is 5.78 Å². The molecule has 0 saturated carbocycles. The van der Waals surface area contributed by atoms with Crippen molar-refractivity contribution in [2.75, 3.05) is 13.6 Å². The normalized spacial score (nSPS) is 10.9. The van der Waals surface area contributed by atoms with Crippen LogP contribution in [-0.4, -0.2) is 24.3 Å². The summed E-state index contributed by atoms with van der Waals surface area (Å²) in [6.45, 7) is 1.64. The van der Waals surface area contributed by atoms with E-state index >= 15 is 0 Å². The van der Waals surface area contributed by atoms with E-state index in [0.29, 0.717) is 12.0 Å². The number of carbonyl (C=O) groups is 1. The largest absolute Gasteiger partial charge is 0.472 e. The van der Waals surface area contributed by atoms with Gasteiger partial charge in [-0.15, -0.1) is 0 Å². The molecule has 0 aliphatic carbocycles. The van der Waals surface area contributed by atoms with E-state index in [2.05, 4.69) is 4.90 Å². The van der Waals surface area contributed by atoms with Gasteiger partial charge in [-0.3, -0.25) is 4.79 Å². The molecule has 1 aromatic carbocycles. The molecule has 20 heavy (non-hydrogen) atoms. The quantitative estimate of drug-likeness (QED) is 0.725. The highest BCUT2D eigenvalue weighted by Gasteiger charge is 2.07. The topological polar surface area (TPSA) is 33.5 Å². The van der Waals surface area contributed by atoms with Gasteiger partial charge in [0.1, 0.15) is 5.82 Å². The zero-order valence-electron chi connectivity index (χ0n) is 11.5. The van der Waals surface area contributed by atoms with E-state index in [-0.39, 0.29) is 11.6 Å². The van der Waals surface area contributed by atoms with Crippen LogP contribution in [-0.2, 0) is 6.54 Å². The van der Waals surface area contributed by atoms with Gasteiger partial charge in [-0.2, -0.15) is 0 Å². The van der Waals surface area contributed by atoms with E-state index in [9.17, 15) is 9.18 Å². The SMILES string of the molecule is CN(CCCC(=O)c1ccc(F)cc1)Cc1ccoc1. The zero-order chi connectivity index (χ0) is 14.4. The van der Waals surface area contributed by atoms with Crippen molar-refractivity contribution < 1.29 is 13.6 Å². The second-order valence-electron chi connectivity index (χ2n) is 4.90. The van der Waals surface area contributed by atoms with Crippen molar-refractivity contribution in [1.29, 1.82) is 0 Å². The van der Waals surface area contributed by atoms with Crippen LogP contribution >= 0.6 is 0 Å². The van der Waals surface area contributed by atoms with E-state index in [1.54, 1.807) is 12.5 Å². The minimum Gasteiger partial charge on any atom is -0.472 e. The maximum atomic E-state index is 12.8. The highest BCUT2D eigenvalue weighted by Crippen LogP contribution is 2.09. The molecule has 0 saturated heterocycles. The molecule has 2 aromatic rings. The van der Waals surface area contributed by atoms with Crippen molar-refractivity contribution in [1.82, 2.24) is 4.90 Å². The molecular weight excluding hydrogens is 257 g/mol. The summed E-state index contributed by atoms with van der Waals surface area (Å²) in [5.41, 5.74) is 1.70. The first-order valence-electron chi connectivity index (χ1n) is 6.63. The molecule has 0 aliphatic rings. The predicted octanol–water partition coefficient (Wildman–Crippen LogP) is 3.51. The van der Waals surface area contributed by atoms with Gasteiger partial charge in [-0.05, 0) is 50.3 Å². The molecule has 0 N–H and O–H groups in total. The summed E-state index contributed by atoms with van der Waals surface area (Å²) < 4.78 is 17.8. The molecule has 2 rings (SSSR count). The summed E-state index contributed by atoms with van der Waals surface area (Å²) in [4.78, 5) is 14.0. The minimum absolute atomic E-state index is 0.0571. The van der Waals surface area contributed by atoms with Crippen LogP contribution in [0.5, 0.6) is 0 Å². The fraction of sp³-hybridized carbons (Fsp3) is 0.312. The number of rotatable bonds is 7. The highest BCUT2D eigenvalue weighted by molar-refractivity contribution is 5.95. The van der Waals surface area contributed by atoms with Gasteiger partial charge in [-0.25, -0.2) is 4.39 Å². The van der Waals surface area contributed by atoms with Crippen LogP contribution in [0.15, 0.2) is 47.3 Å². The molecule has 0 atom stereocenters. The predicted molar refractivity (Wildman–Crippen MR) is 75.0 cm³/mol. The van der Waals surface area contributed by atoms with E-state index in [1.807, 2.05) is 13.1 Å². The summed E-state index contributed by atoms with van der Waals surface area (Å²) in [6.07, 6.45) is 4.63. The van der Waals surface area contributed by atoms with Crippen molar-refractivity contribution in [3.8, 4) is 0 Å². The Morgan fingerprint density at radius 2 is 2.00 bits per heavy atom. The second kappa shape index (κ2) is 7.01. The van der Waals surface area contributed by atoms with Crippen LogP contribution < -0.4 is 0 Å². The smallest absolute Gasteiger partial charge is 0.162 e. The number of hydrogen-bond donors (Lipinski definition) is 0. The molecule has 0 unspecified atom stereocenters. The lowest BCUT2D eigenvalue weighted by Gasteiger charge is -2.14. The van der Waals surface area contributed by atoms with Gasteiger partial charge >= 0.3 is 0 Å². The van der Waals surface area contributed by atoms with E-state index in [4.69, 9.17) is 4.42 Å².